The molecule has 0 amide bonds. The van der Waals surface area contributed by atoms with E-state index in [-0.39, 0.29) is 0 Å². The van der Waals surface area contributed by atoms with Gasteiger partial charge in [-0.2, -0.15) is 0 Å². The Balaban J connectivity index is 1.95. The molecule has 0 aromatic heterocycles. The maximum atomic E-state index is 6.23. The molecule has 0 N–H and O–H groups in total. The van der Waals surface area contributed by atoms with Crippen LogP contribution in [0, 0.1) is 0 Å². The van der Waals surface area contributed by atoms with Crippen molar-refractivity contribution < 1.29 is 9.47 Å². The van der Waals surface area contributed by atoms with Gasteiger partial charge < -0.3 is 9.47 Å². The fraction of sp³-hybridized carbons (Fsp3) is 0.364. The van der Waals surface area contributed by atoms with Gasteiger partial charge in [-0.25, -0.2) is 0 Å². The first-order valence-electron chi connectivity index (χ1n) is 8.91. The Labute approximate surface area is 155 Å². The third kappa shape index (κ3) is 4.19. The predicted molar refractivity (Wildman–Crippen MR) is 106 cm³/mol. The minimum atomic E-state index is 0.528. The van der Waals surface area contributed by atoms with Crippen LogP contribution in [-0.4, -0.2) is 14.2 Å². The summed E-state index contributed by atoms with van der Waals surface area (Å²) in [7, 11) is 3.48. The lowest BCUT2D eigenvalue weighted by Gasteiger charge is -2.26. The van der Waals surface area contributed by atoms with E-state index in [0.29, 0.717) is 5.92 Å². The van der Waals surface area contributed by atoms with Crippen molar-refractivity contribution in [3.8, 4) is 11.5 Å². The molecule has 2 nitrogen and oxygen atoms in total. The van der Waals surface area contributed by atoms with Gasteiger partial charge in [0.25, 0.3) is 0 Å². The molecule has 0 heterocycles. The summed E-state index contributed by atoms with van der Waals surface area (Å²) in [6.45, 7) is 0. The highest BCUT2D eigenvalue weighted by Crippen LogP contribution is 2.43. The van der Waals surface area contributed by atoms with E-state index in [0.717, 1.165) is 27.6 Å². The molecule has 0 unspecified atom stereocenters. The van der Waals surface area contributed by atoms with Crippen molar-refractivity contribution in [1.29, 1.82) is 0 Å². The van der Waals surface area contributed by atoms with Crippen molar-refractivity contribution >= 4 is 23.8 Å². The van der Waals surface area contributed by atoms with E-state index in [1.807, 2.05) is 30.3 Å². The summed E-state index contributed by atoms with van der Waals surface area (Å²) < 4.78 is 11.4. The molecule has 3 rings (SSSR count). The Morgan fingerprint density at radius 2 is 1.56 bits per heavy atom. The van der Waals surface area contributed by atoms with Crippen LogP contribution in [0.1, 0.15) is 54.7 Å². The van der Waals surface area contributed by atoms with Crippen molar-refractivity contribution in [3.63, 3.8) is 0 Å². The monoisotopic (exact) mass is 356 g/mol. The van der Waals surface area contributed by atoms with Gasteiger partial charge in [0.2, 0.25) is 0 Å². The Bertz CT molecular complexity index is 720. The minimum Gasteiger partial charge on any atom is -0.496 e. The molecule has 1 saturated carbocycles. The molecule has 0 saturated heterocycles. The zero-order valence-corrected chi connectivity index (χ0v) is 15.7. The molecule has 2 aromatic rings. The molecule has 2 aromatic carbocycles. The van der Waals surface area contributed by atoms with Crippen molar-refractivity contribution in [1.82, 2.24) is 0 Å². The van der Waals surface area contributed by atoms with Gasteiger partial charge in [0.1, 0.15) is 11.5 Å². The summed E-state index contributed by atoms with van der Waals surface area (Å²) >= 11 is 6.23. The molecule has 132 valence electrons. The summed E-state index contributed by atoms with van der Waals surface area (Å²) in [5.41, 5.74) is 3.27. The van der Waals surface area contributed by atoms with E-state index >= 15 is 0 Å². The summed E-state index contributed by atoms with van der Waals surface area (Å²) in [5, 5.41) is 0.747. The van der Waals surface area contributed by atoms with Crippen molar-refractivity contribution in [2.45, 2.75) is 38.0 Å². The molecule has 0 bridgehead atoms. The molecule has 0 atom stereocenters. The van der Waals surface area contributed by atoms with Crippen LogP contribution in [0.3, 0.4) is 0 Å². The van der Waals surface area contributed by atoms with E-state index in [1.54, 1.807) is 14.2 Å². The van der Waals surface area contributed by atoms with Crippen LogP contribution in [0.15, 0.2) is 36.4 Å². The average molecular weight is 357 g/mol. The summed E-state index contributed by atoms with van der Waals surface area (Å²) in [5.74, 6) is 2.37. The van der Waals surface area contributed by atoms with Gasteiger partial charge in [0, 0.05) is 10.6 Å². The highest BCUT2D eigenvalue weighted by molar-refractivity contribution is 6.32. The molecule has 3 heteroatoms. The lowest BCUT2D eigenvalue weighted by molar-refractivity contribution is 0.359. The average Bonchev–Trinajstić information content (AvgIpc) is 2.67. The Morgan fingerprint density at radius 1 is 0.920 bits per heavy atom. The van der Waals surface area contributed by atoms with E-state index in [2.05, 4.69) is 18.2 Å². The maximum absolute atomic E-state index is 6.23. The van der Waals surface area contributed by atoms with E-state index in [1.165, 1.54) is 37.7 Å². The lowest BCUT2D eigenvalue weighted by atomic mass is 9.82. The molecule has 0 aliphatic heterocycles. The smallest absolute Gasteiger partial charge is 0.126 e. The third-order valence-electron chi connectivity index (χ3n) is 4.94. The number of halogens is 1. The first-order chi connectivity index (χ1) is 12.2. The fourth-order valence-electron chi connectivity index (χ4n) is 3.65. The summed E-state index contributed by atoms with van der Waals surface area (Å²) in [6.07, 6.45) is 10.4. The molecule has 0 radical (unpaired) electrons. The van der Waals surface area contributed by atoms with Gasteiger partial charge >= 0.3 is 0 Å². The minimum absolute atomic E-state index is 0.528. The fourth-order valence-corrected chi connectivity index (χ4v) is 3.84. The van der Waals surface area contributed by atoms with Crippen molar-refractivity contribution in [2.24, 2.45) is 0 Å². The molecule has 1 aliphatic rings. The van der Waals surface area contributed by atoms with Crippen LogP contribution in [0.25, 0.3) is 12.2 Å². The Kier molecular flexibility index (Phi) is 6.04. The van der Waals surface area contributed by atoms with Crippen LogP contribution in [-0.2, 0) is 0 Å². The number of hydrogen-bond acceptors (Lipinski definition) is 2. The molecular formula is C22H25ClO2. The Hall–Kier alpha value is -1.93. The van der Waals surface area contributed by atoms with Gasteiger partial charge in [0.05, 0.1) is 14.2 Å². The number of rotatable bonds is 5. The number of benzene rings is 2. The molecule has 1 fully saturated rings. The SMILES string of the molecule is COc1cc(C=Cc2ccccc2Cl)cc(OC)c1C1CCCCC1. The van der Waals surface area contributed by atoms with E-state index in [4.69, 9.17) is 21.1 Å². The maximum Gasteiger partial charge on any atom is 0.126 e. The number of methoxy groups -OCH3 is 2. The van der Waals surface area contributed by atoms with Crippen LogP contribution in [0.5, 0.6) is 11.5 Å². The topological polar surface area (TPSA) is 18.5 Å². The summed E-state index contributed by atoms with van der Waals surface area (Å²) in [6, 6.07) is 12.0. The molecule has 0 spiro atoms. The number of ether oxygens (including phenoxy) is 2. The third-order valence-corrected chi connectivity index (χ3v) is 5.28. The predicted octanol–water partition coefficient (Wildman–Crippen LogP) is 6.58. The van der Waals surface area contributed by atoms with Gasteiger partial charge in [0.15, 0.2) is 0 Å². The standard InChI is InChI=1S/C22H25ClO2/c1-24-20-14-16(12-13-17-8-6-7-11-19(17)23)15-21(25-2)22(20)18-9-4-3-5-10-18/h6-8,11-15,18H,3-5,9-10H2,1-2H3. The largest absolute Gasteiger partial charge is 0.496 e. The number of hydrogen-bond donors (Lipinski definition) is 0. The second-order valence-corrected chi connectivity index (χ2v) is 6.94. The van der Waals surface area contributed by atoms with Crippen LogP contribution < -0.4 is 9.47 Å². The highest BCUT2D eigenvalue weighted by Gasteiger charge is 2.23. The second kappa shape index (κ2) is 8.44. The quantitative estimate of drug-likeness (QED) is 0.563. The van der Waals surface area contributed by atoms with Crippen LogP contribution in [0.2, 0.25) is 5.02 Å². The molecular weight excluding hydrogens is 332 g/mol. The Morgan fingerprint density at radius 3 is 2.16 bits per heavy atom. The van der Waals surface area contributed by atoms with E-state index in [9.17, 15) is 0 Å². The zero-order chi connectivity index (χ0) is 17.6. The lowest BCUT2D eigenvalue weighted by Crippen LogP contribution is -2.08. The van der Waals surface area contributed by atoms with Crippen LogP contribution in [0.4, 0.5) is 0 Å². The zero-order valence-electron chi connectivity index (χ0n) is 14.9. The second-order valence-electron chi connectivity index (χ2n) is 6.53. The first kappa shape index (κ1) is 17.9. The highest BCUT2D eigenvalue weighted by atomic mass is 35.5. The molecule has 1 aliphatic carbocycles. The normalized spacial score (nSPS) is 15.5. The molecule has 25 heavy (non-hydrogen) atoms. The van der Waals surface area contributed by atoms with Crippen LogP contribution >= 0.6 is 11.6 Å². The van der Waals surface area contributed by atoms with Gasteiger partial charge in [-0.3, -0.25) is 0 Å². The first-order valence-corrected chi connectivity index (χ1v) is 9.29. The van der Waals surface area contributed by atoms with Gasteiger partial charge in [-0.05, 0) is 48.1 Å². The summed E-state index contributed by atoms with van der Waals surface area (Å²) in [4.78, 5) is 0. The van der Waals surface area contributed by atoms with E-state index < -0.39 is 0 Å². The van der Waals surface area contributed by atoms with Crippen molar-refractivity contribution in [3.05, 3.63) is 58.1 Å². The van der Waals surface area contributed by atoms with Gasteiger partial charge in [-0.1, -0.05) is 61.2 Å². The van der Waals surface area contributed by atoms with Crippen molar-refractivity contribution in [2.75, 3.05) is 14.2 Å². The van der Waals surface area contributed by atoms with Gasteiger partial charge in [-0.15, -0.1) is 0 Å².